The SMILES string of the molecule is C=CCOC1(C=C)OCCO1. The van der Waals surface area contributed by atoms with Crippen molar-refractivity contribution in [1.82, 2.24) is 0 Å². The molecule has 1 saturated heterocycles. The van der Waals surface area contributed by atoms with Crippen LogP contribution in [0.5, 0.6) is 0 Å². The van der Waals surface area contributed by atoms with E-state index in [-0.39, 0.29) is 0 Å². The molecule has 0 aromatic heterocycles. The summed E-state index contributed by atoms with van der Waals surface area (Å²) in [6, 6.07) is 0. The summed E-state index contributed by atoms with van der Waals surface area (Å²) in [5.74, 6) is -1.02. The highest BCUT2D eigenvalue weighted by Gasteiger charge is 2.33. The summed E-state index contributed by atoms with van der Waals surface area (Å²) in [5.41, 5.74) is 0. The lowest BCUT2D eigenvalue weighted by atomic mass is 10.5. The van der Waals surface area contributed by atoms with Crippen LogP contribution in [0.15, 0.2) is 25.3 Å². The second kappa shape index (κ2) is 3.67. The van der Waals surface area contributed by atoms with Crippen LogP contribution in [0.3, 0.4) is 0 Å². The Balaban J connectivity index is 2.45. The van der Waals surface area contributed by atoms with Crippen molar-refractivity contribution in [3.8, 4) is 0 Å². The molecule has 0 N–H and O–H groups in total. The number of hydrogen-bond donors (Lipinski definition) is 0. The smallest absolute Gasteiger partial charge is 0.304 e. The van der Waals surface area contributed by atoms with E-state index >= 15 is 0 Å². The summed E-state index contributed by atoms with van der Waals surface area (Å²) < 4.78 is 15.6. The van der Waals surface area contributed by atoms with Crippen LogP contribution in [0.25, 0.3) is 0 Å². The van der Waals surface area contributed by atoms with Crippen molar-refractivity contribution in [2.75, 3.05) is 19.8 Å². The van der Waals surface area contributed by atoms with Gasteiger partial charge in [-0.1, -0.05) is 12.7 Å². The van der Waals surface area contributed by atoms with Gasteiger partial charge in [0.2, 0.25) is 0 Å². The molecule has 1 aliphatic heterocycles. The molecule has 0 bridgehead atoms. The molecule has 3 nitrogen and oxygen atoms in total. The second-order valence-corrected chi connectivity index (χ2v) is 2.10. The van der Waals surface area contributed by atoms with Gasteiger partial charge in [0, 0.05) is 0 Å². The van der Waals surface area contributed by atoms with E-state index in [1.165, 1.54) is 6.08 Å². The molecule has 0 aromatic rings. The van der Waals surface area contributed by atoms with Crippen LogP contribution >= 0.6 is 0 Å². The Kier molecular flexibility index (Phi) is 2.82. The summed E-state index contributed by atoms with van der Waals surface area (Å²) in [7, 11) is 0. The molecule has 0 spiro atoms. The van der Waals surface area contributed by atoms with Crippen LogP contribution in [-0.2, 0) is 14.2 Å². The van der Waals surface area contributed by atoms with Crippen molar-refractivity contribution >= 4 is 0 Å². The Morgan fingerprint density at radius 2 is 2.00 bits per heavy atom. The lowest BCUT2D eigenvalue weighted by Crippen LogP contribution is -2.30. The zero-order valence-electron chi connectivity index (χ0n) is 6.41. The van der Waals surface area contributed by atoms with E-state index in [9.17, 15) is 0 Å². The van der Waals surface area contributed by atoms with E-state index in [4.69, 9.17) is 14.2 Å². The summed E-state index contributed by atoms with van der Waals surface area (Å²) in [4.78, 5) is 0. The first-order valence-electron chi connectivity index (χ1n) is 3.49. The molecule has 1 fully saturated rings. The third-order valence-electron chi connectivity index (χ3n) is 1.34. The van der Waals surface area contributed by atoms with Crippen LogP contribution in [-0.4, -0.2) is 25.8 Å². The maximum atomic E-state index is 5.21. The van der Waals surface area contributed by atoms with Crippen LogP contribution < -0.4 is 0 Å². The summed E-state index contributed by atoms with van der Waals surface area (Å²) in [6.07, 6.45) is 3.14. The quantitative estimate of drug-likeness (QED) is 0.570. The molecular weight excluding hydrogens is 144 g/mol. The minimum Gasteiger partial charge on any atom is -0.322 e. The van der Waals surface area contributed by atoms with Gasteiger partial charge in [-0.15, -0.1) is 6.58 Å². The second-order valence-electron chi connectivity index (χ2n) is 2.10. The van der Waals surface area contributed by atoms with Crippen molar-refractivity contribution in [1.29, 1.82) is 0 Å². The Morgan fingerprint density at radius 1 is 1.36 bits per heavy atom. The van der Waals surface area contributed by atoms with Crippen molar-refractivity contribution < 1.29 is 14.2 Å². The minimum atomic E-state index is -1.02. The predicted octanol–water partition coefficient (Wildman–Crippen LogP) is 1.08. The fourth-order valence-corrected chi connectivity index (χ4v) is 0.845. The molecule has 0 atom stereocenters. The number of rotatable bonds is 4. The highest BCUT2D eigenvalue weighted by Crippen LogP contribution is 2.21. The van der Waals surface area contributed by atoms with E-state index < -0.39 is 5.97 Å². The van der Waals surface area contributed by atoms with Gasteiger partial charge in [-0.25, -0.2) is 0 Å². The molecule has 11 heavy (non-hydrogen) atoms. The molecule has 3 heteroatoms. The molecule has 1 aliphatic rings. The van der Waals surface area contributed by atoms with Crippen molar-refractivity contribution in [3.05, 3.63) is 25.3 Å². The third-order valence-corrected chi connectivity index (χ3v) is 1.34. The van der Waals surface area contributed by atoms with Gasteiger partial charge >= 0.3 is 5.97 Å². The molecule has 0 radical (unpaired) electrons. The first-order valence-corrected chi connectivity index (χ1v) is 3.49. The van der Waals surface area contributed by atoms with Crippen LogP contribution in [0.2, 0.25) is 0 Å². The van der Waals surface area contributed by atoms with Crippen molar-refractivity contribution in [2.24, 2.45) is 0 Å². The van der Waals surface area contributed by atoms with Crippen LogP contribution in [0, 0.1) is 0 Å². The third kappa shape index (κ3) is 1.89. The Morgan fingerprint density at radius 3 is 2.45 bits per heavy atom. The maximum Gasteiger partial charge on any atom is 0.304 e. The molecule has 0 aromatic carbocycles. The number of hydrogen-bond acceptors (Lipinski definition) is 3. The molecule has 0 aliphatic carbocycles. The summed E-state index contributed by atoms with van der Waals surface area (Å²) in [5, 5.41) is 0. The first kappa shape index (κ1) is 8.46. The monoisotopic (exact) mass is 156 g/mol. The average molecular weight is 156 g/mol. The van der Waals surface area contributed by atoms with Gasteiger partial charge in [0.1, 0.15) is 0 Å². The van der Waals surface area contributed by atoms with Gasteiger partial charge in [0.25, 0.3) is 0 Å². The van der Waals surface area contributed by atoms with E-state index in [2.05, 4.69) is 13.2 Å². The molecule has 62 valence electrons. The van der Waals surface area contributed by atoms with Crippen LogP contribution in [0.1, 0.15) is 0 Å². The summed E-state index contributed by atoms with van der Waals surface area (Å²) in [6.45, 7) is 8.56. The highest BCUT2D eigenvalue weighted by molar-refractivity contribution is 4.85. The van der Waals surface area contributed by atoms with Gasteiger partial charge in [-0.3, -0.25) is 0 Å². The topological polar surface area (TPSA) is 27.7 Å². The van der Waals surface area contributed by atoms with Crippen molar-refractivity contribution in [3.63, 3.8) is 0 Å². The average Bonchev–Trinajstić information content (AvgIpc) is 2.50. The fourth-order valence-electron chi connectivity index (χ4n) is 0.845. The maximum absolute atomic E-state index is 5.21. The molecule has 0 saturated carbocycles. The van der Waals surface area contributed by atoms with E-state index in [0.717, 1.165) is 0 Å². The lowest BCUT2D eigenvalue weighted by Gasteiger charge is -2.21. The molecular formula is C8H12O3. The standard InChI is InChI=1S/C8H12O3/c1-3-5-9-8(4-2)10-6-7-11-8/h3-4H,1-2,5-7H2. The molecule has 0 unspecified atom stereocenters. The Hall–Kier alpha value is -0.640. The zero-order chi connectivity index (χ0) is 8.16. The molecule has 1 rings (SSSR count). The van der Waals surface area contributed by atoms with Gasteiger partial charge < -0.3 is 14.2 Å². The van der Waals surface area contributed by atoms with Crippen molar-refractivity contribution in [2.45, 2.75) is 5.97 Å². The van der Waals surface area contributed by atoms with E-state index in [0.29, 0.717) is 19.8 Å². The minimum absolute atomic E-state index is 0.395. The Bertz CT molecular complexity index is 147. The molecule has 0 amide bonds. The van der Waals surface area contributed by atoms with Gasteiger partial charge in [-0.2, -0.15) is 0 Å². The van der Waals surface area contributed by atoms with Gasteiger partial charge in [-0.05, 0) is 6.08 Å². The normalized spacial score (nSPS) is 21.5. The van der Waals surface area contributed by atoms with E-state index in [1.807, 2.05) is 0 Å². The number of ether oxygens (including phenoxy) is 3. The zero-order valence-corrected chi connectivity index (χ0v) is 6.41. The first-order chi connectivity index (χ1) is 5.33. The van der Waals surface area contributed by atoms with Gasteiger partial charge in [0.05, 0.1) is 19.8 Å². The predicted molar refractivity (Wildman–Crippen MR) is 41.0 cm³/mol. The highest BCUT2D eigenvalue weighted by atomic mass is 16.9. The fraction of sp³-hybridized carbons (Fsp3) is 0.500. The summed E-state index contributed by atoms with van der Waals surface area (Å²) >= 11 is 0. The lowest BCUT2D eigenvalue weighted by molar-refractivity contribution is -0.292. The molecule has 1 heterocycles. The van der Waals surface area contributed by atoms with Gasteiger partial charge in [0.15, 0.2) is 0 Å². The Labute approximate surface area is 66.2 Å². The van der Waals surface area contributed by atoms with E-state index in [1.54, 1.807) is 6.08 Å². The van der Waals surface area contributed by atoms with Crippen LogP contribution in [0.4, 0.5) is 0 Å². The largest absolute Gasteiger partial charge is 0.322 e.